The average Bonchev–Trinajstić information content (AvgIpc) is 2.80. The number of carbonyl (C=O) groups excluding carboxylic acids is 3. The van der Waals surface area contributed by atoms with Gasteiger partial charge in [-0.2, -0.15) is 5.10 Å². The molecule has 0 heterocycles. The summed E-state index contributed by atoms with van der Waals surface area (Å²) in [6, 6.07) is 8.61. The molecule has 0 spiro atoms. The molecular weight excluding hydrogens is 467 g/mol. The van der Waals surface area contributed by atoms with Gasteiger partial charge in [0.25, 0.3) is 5.91 Å². The summed E-state index contributed by atoms with van der Waals surface area (Å²) in [5.41, 5.74) is 2.60. The number of halogens is 2. The Labute approximate surface area is 201 Å². The Morgan fingerprint density at radius 1 is 1.15 bits per heavy atom. The maximum absolute atomic E-state index is 13.7. The molecule has 0 aliphatic rings. The Hall–Kier alpha value is -3.66. The fraction of sp³-hybridized carbons (Fsp3) is 0.304. The summed E-state index contributed by atoms with van der Waals surface area (Å²) in [6.45, 7) is 5.24. The Kier molecular flexibility index (Phi) is 10.3. The van der Waals surface area contributed by atoms with E-state index >= 15 is 0 Å². The van der Waals surface area contributed by atoms with Gasteiger partial charge < -0.3 is 20.1 Å². The number of benzene rings is 2. The first kappa shape index (κ1) is 26.6. The van der Waals surface area contributed by atoms with Crippen molar-refractivity contribution in [1.82, 2.24) is 10.7 Å². The van der Waals surface area contributed by atoms with Gasteiger partial charge >= 0.3 is 11.8 Å². The van der Waals surface area contributed by atoms with Crippen LogP contribution in [0.15, 0.2) is 41.5 Å². The van der Waals surface area contributed by atoms with Crippen molar-refractivity contribution in [2.75, 3.05) is 18.5 Å². The SMILES string of the molecule is CCOc1cc(/C=N\NC(=O)C(=O)N[C@@H](C)CC)cc(Cl)c1OCC(=O)Nc1ccccc1F. The zero-order chi connectivity index (χ0) is 25.1. The summed E-state index contributed by atoms with van der Waals surface area (Å²) in [6.07, 6.45) is 1.96. The molecule has 2 aromatic rings. The molecule has 3 N–H and O–H groups in total. The van der Waals surface area contributed by atoms with Crippen molar-refractivity contribution < 1.29 is 28.2 Å². The fourth-order valence-corrected chi connectivity index (χ4v) is 2.83. The first-order valence-electron chi connectivity index (χ1n) is 10.5. The molecule has 0 radical (unpaired) electrons. The lowest BCUT2D eigenvalue weighted by molar-refractivity contribution is -0.139. The smallest absolute Gasteiger partial charge is 0.329 e. The van der Waals surface area contributed by atoms with Gasteiger partial charge in [-0.25, -0.2) is 9.82 Å². The van der Waals surface area contributed by atoms with E-state index in [-0.39, 0.29) is 34.9 Å². The summed E-state index contributed by atoms with van der Waals surface area (Å²) >= 11 is 6.29. The van der Waals surface area contributed by atoms with Gasteiger partial charge in [0.05, 0.1) is 23.5 Å². The molecular formula is C23H26ClFN4O5. The molecule has 0 saturated heterocycles. The van der Waals surface area contributed by atoms with Crippen molar-refractivity contribution in [3.05, 3.63) is 52.8 Å². The number of nitrogens with one attached hydrogen (secondary N) is 3. The van der Waals surface area contributed by atoms with Gasteiger partial charge in [0.2, 0.25) is 0 Å². The molecule has 0 aliphatic heterocycles. The molecule has 2 rings (SSSR count). The summed E-state index contributed by atoms with van der Waals surface area (Å²) < 4.78 is 24.7. The first-order chi connectivity index (χ1) is 16.2. The highest BCUT2D eigenvalue weighted by Crippen LogP contribution is 2.36. The van der Waals surface area contributed by atoms with E-state index in [9.17, 15) is 18.8 Å². The summed E-state index contributed by atoms with van der Waals surface area (Å²) in [4.78, 5) is 35.7. The summed E-state index contributed by atoms with van der Waals surface area (Å²) in [7, 11) is 0. The second-order valence-electron chi connectivity index (χ2n) is 7.06. The number of para-hydroxylation sites is 1. The summed E-state index contributed by atoms with van der Waals surface area (Å²) in [5.74, 6) is -2.52. The molecule has 11 heteroatoms. The topological polar surface area (TPSA) is 118 Å². The lowest BCUT2D eigenvalue weighted by atomic mass is 10.2. The standard InChI is InChI=1S/C23H26ClFN4O5/c1-4-14(3)27-22(31)23(32)29-26-12-15-10-16(24)21(19(11-15)33-5-2)34-13-20(30)28-18-9-7-6-8-17(18)25/h6-12,14H,4-5,13H2,1-3H3,(H,27,31)(H,28,30)(H,29,32)/b26-12-/t14-/m0/s1. The van der Waals surface area contributed by atoms with Crippen LogP contribution in [0.5, 0.6) is 11.5 Å². The molecule has 3 amide bonds. The molecule has 9 nitrogen and oxygen atoms in total. The third-order valence-corrected chi connectivity index (χ3v) is 4.68. The molecule has 34 heavy (non-hydrogen) atoms. The zero-order valence-corrected chi connectivity index (χ0v) is 19.7. The van der Waals surface area contributed by atoms with Crippen molar-refractivity contribution >= 4 is 41.2 Å². The molecule has 0 aliphatic carbocycles. The van der Waals surface area contributed by atoms with Crippen LogP contribution in [0, 0.1) is 5.82 Å². The Bertz CT molecular complexity index is 1060. The van der Waals surface area contributed by atoms with E-state index in [1.807, 2.05) is 6.92 Å². The van der Waals surface area contributed by atoms with Crippen molar-refractivity contribution in [3.8, 4) is 11.5 Å². The second kappa shape index (κ2) is 13.1. The third kappa shape index (κ3) is 8.04. The monoisotopic (exact) mass is 492 g/mol. The van der Waals surface area contributed by atoms with Crippen molar-refractivity contribution in [2.45, 2.75) is 33.2 Å². The normalized spacial score (nSPS) is 11.6. The molecule has 0 aromatic heterocycles. The third-order valence-electron chi connectivity index (χ3n) is 4.40. The van der Waals surface area contributed by atoms with Gasteiger partial charge in [0.15, 0.2) is 18.1 Å². The van der Waals surface area contributed by atoms with Gasteiger partial charge in [0, 0.05) is 6.04 Å². The number of ether oxygens (including phenoxy) is 2. The Morgan fingerprint density at radius 3 is 2.56 bits per heavy atom. The van der Waals surface area contributed by atoms with Crippen LogP contribution >= 0.6 is 11.6 Å². The van der Waals surface area contributed by atoms with Gasteiger partial charge in [0.1, 0.15) is 5.82 Å². The van der Waals surface area contributed by atoms with Gasteiger partial charge in [-0.15, -0.1) is 0 Å². The number of nitrogens with zero attached hydrogens (tertiary/aromatic N) is 1. The van der Waals surface area contributed by atoms with Crippen LogP contribution in [0.4, 0.5) is 10.1 Å². The van der Waals surface area contributed by atoms with E-state index in [1.54, 1.807) is 19.9 Å². The van der Waals surface area contributed by atoms with E-state index in [0.717, 1.165) is 0 Å². The number of anilines is 1. The zero-order valence-electron chi connectivity index (χ0n) is 19.0. The average molecular weight is 493 g/mol. The van der Waals surface area contributed by atoms with E-state index in [1.165, 1.54) is 36.5 Å². The van der Waals surface area contributed by atoms with Crippen LogP contribution in [-0.4, -0.2) is 43.2 Å². The van der Waals surface area contributed by atoms with Gasteiger partial charge in [-0.3, -0.25) is 14.4 Å². The first-order valence-corrected chi connectivity index (χ1v) is 10.9. The van der Waals surface area contributed by atoms with Gasteiger partial charge in [-0.05, 0) is 50.1 Å². The van der Waals surface area contributed by atoms with Crippen molar-refractivity contribution in [3.63, 3.8) is 0 Å². The van der Waals surface area contributed by atoms with E-state index in [0.29, 0.717) is 12.0 Å². The van der Waals surface area contributed by atoms with Crippen LogP contribution in [0.25, 0.3) is 0 Å². The maximum atomic E-state index is 13.7. The number of amides is 3. The van der Waals surface area contributed by atoms with Crippen molar-refractivity contribution in [2.24, 2.45) is 5.10 Å². The summed E-state index contributed by atoms with van der Waals surface area (Å²) in [5, 5.41) is 8.81. The van der Waals surface area contributed by atoms with Crippen LogP contribution in [-0.2, 0) is 14.4 Å². The maximum Gasteiger partial charge on any atom is 0.329 e. The molecule has 0 unspecified atom stereocenters. The van der Waals surface area contributed by atoms with Crippen molar-refractivity contribution in [1.29, 1.82) is 0 Å². The predicted molar refractivity (Wildman–Crippen MR) is 127 cm³/mol. The molecule has 0 saturated carbocycles. The Balaban J connectivity index is 2.04. The lowest BCUT2D eigenvalue weighted by Gasteiger charge is -2.14. The van der Waals surface area contributed by atoms with Crippen LogP contribution in [0.1, 0.15) is 32.8 Å². The largest absolute Gasteiger partial charge is 0.490 e. The minimum atomic E-state index is -0.909. The Morgan fingerprint density at radius 2 is 1.88 bits per heavy atom. The van der Waals surface area contributed by atoms with Gasteiger partial charge in [-0.1, -0.05) is 30.7 Å². The number of hydrazone groups is 1. The lowest BCUT2D eigenvalue weighted by Crippen LogP contribution is -2.41. The van der Waals surface area contributed by atoms with E-state index in [4.69, 9.17) is 21.1 Å². The highest BCUT2D eigenvalue weighted by molar-refractivity contribution is 6.35. The van der Waals surface area contributed by atoms with E-state index < -0.39 is 30.1 Å². The number of rotatable bonds is 10. The van der Waals surface area contributed by atoms with E-state index in [2.05, 4.69) is 21.2 Å². The minimum Gasteiger partial charge on any atom is -0.490 e. The quantitative estimate of drug-likeness (QED) is 0.267. The molecule has 1 atom stereocenters. The van der Waals surface area contributed by atoms with Crippen LogP contribution < -0.4 is 25.5 Å². The molecule has 182 valence electrons. The fourth-order valence-electron chi connectivity index (χ4n) is 2.56. The predicted octanol–water partition coefficient (Wildman–Crippen LogP) is 3.26. The highest BCUT2D eigenvalue weighted by Gasteiger charge is 2.16. The minimum absolute atomic E-state index is 0.0265. The number of hydrogen-bond donors (Lipinski definition) is 3. The number of hydrogen-bond acceptors (Lipinski definition) is 6. The highest BCUT2D eigenvalue weighted by atomic mass is 35.5. The molecule has 0 bridgehead atoms. The number of carbonyl (C=O) groups is 3. The van der Waals surface area contributed by atoms with Crippen LogP contribution in [0.2, 0.25) is 5.02 Å². The molecule has 0 fully saturated rings. The van der Waals surface area contributed by atoms with Crippen LogP contribution in [0.3, 0.4) is 0 Å². The molecule has 2 aromatic carbocycles. The second-order valence-corrected chi connectivity index (χ2v) is 7.47.